The standard InChI is InChI=1S/C18H15F3N4OS/c1-11(16(26)22-14-10-6-5-9-13(14)18(19,20)21)27-17-23-15(24-25-17)12-7-3-2-4-8-12/h2-11H,1H3,(H,22,26)(H,23,24,25)/t11-/m0/s1. The van der Waals surface area contributed by atoms with Crippen LogP contribution in [-0.2, 0) is 11.0 Å². The Kier molecular flexibility index (Phi) is 5.50. The van der Waals surface area contributed by atoms with Crippen molar-refractivity contribution in [2.75, 3.05) is 5.32 Å². The van der Waals surface area contributed by atoms with Crippen molar-refractivity contribution in [3.05, 3.63) is 60.2 Å². The average molecular weight is 392 g/mol. The second-order valence-electron chi connectivity index (χ2n) is 5.63. The number of aromatic amines is 1. The summed E-state index contributed by atoms with van der Waals surface area (Å²) in [5.41, 5.74) is -0.324. The third kappa shape index (κ3) is 4.68. The molecule has 1 amide bonds. The number of carbonyl (C=O) groups is 1. The molecular formula is C18H15F3N4OS. The molecule has 0 aliphatic rings. The highest BCUT2D eigenvalue weighted by Crippen LogP contribution is 2.35. The summed E-state index contributed by atoms with van der Waals surface area (Å²) in [6.45, 7) is 1.58. The van der Waals surface area contributed by atoms with E-state index < -0.39 is 22.9 Å². The van der Waals surface area contributed by atoms with E-state index in [1.54, 1.807) is 6.92 Å². The van der Waals surface area contributed by atoms with Crippen molar-refractivity contribution in [1.82, 2.24) is 15.2 Å². The van der Waals surface area contributed by atoms with Gasteiger partial charge in [0.1, 0.15) is 0 Å². The minimum atomic E-state index is -4.55. The summed E-state index contributed by atoms with van der Waals surface area (Å²) < 4.78 is 39.1. The highest BCUT2D eigenvalue weighted by atomic mass is 32.2. The molecule has 9 heteroatoms. The molecule has 1 heterocycles. The van der Waals surface area contributed by atoms with Crippen molar-refractivity contribution >= 4 is 23.4 Å². The molecule has 1 aromatic heterocycles. The highest BCUT2D eigenvalue weighted by Gasteiger charge is 2.34. The molecule has 0 radical (unpaired) electrons. The molecule has 0 aliphatic carbocycles. The second-order valence-corrected chi connectivity index (χ2v) is 6.93. The first kappa shape index (κ1) is 19.0. The van der Waals surface area contributed by atoms with Gasteiger partial charge < -0.3 is 5.32 Å². The zero-order valence-electron chi connectivity index (χ0n) is 14.1. The first-order valence-corrected chi connectivity index (χ1v) is 8.84. The number of benzene rings is 2. The van der Waals surface area contributed by atoms with Crippen molar-refractivity contribution in [3.63, 3.8) is 0 Å². The molecule has 1 atom stereocenters. The third-order valence-electron chi connectivity index (χ3n) is 3.65. The van der Waals surface area contributed by atoms with E-state index in [2.05, 4.69) is 20.5 Å². The van der Waals surface area contributed by atoms with Gasteiger partial charge in [0.2, 0.25) is 11.1 Å². The Morgan fingerprint density at radius 3 is 2.48 bits per heavy atom. The van der Waals surface area contributed by atoms with Gasteiger partial charge >= 0.3 is 6.18 Å². The van der Waals surface area contributed by atoms with E-state index >= 15 is 0 Å². The number of alkyl halides is 3. The van der Waals surface area contributed by atoms with E-state index in [0.29, 0.717) is 11.0 Å². The number of thioether (sulfide) groups is 1. The van der Waals surface area contributed by atoms with Crippen LogP contribution in [0.5, 0.6) is 0 Å². The van der Waals surface area contributed by atoms with Gasteiger partial charge in [0.25, 0.3) is 0 Å². The number of aromatic nitrogens is 3. The lowest BCUT2D eigenvalue weighted by molar-refractivity contribution is -0.137. The van der Waals surface area contributed by atoms with Crippen LogP contribution in [0, 0.1) is 0 Å². The number of rotatable bonds is 5. The number of hydrogen-bond acceptors (Lipinski definition) is 4. The van der Waals surface area contributed by atoms with Crippen LogP contribution in [0.2, 0.25) is 0 Å². The highest BCUT2D eigenvalue weighted by molar-refractivity contribution is 8.00. The van der Waals surface area contributed by atoms with Gasteiger partial charge in [-0.2, -0.15) is 13.2 Å². The maximum Gasteiger partial charge on any atom is 0.418 e. The second kappa shape index (κ2) is 7.83. The molecule has 0 spiro atoms. The van der Waals surface area contributed by atoms with Crippen LogP contribution in [-0.4, -0.2) is 26.3 Å². The molecule has 140 valence electrons. The van der Waals surface area contributed by atoms with Crippen molar-refractivity contribution in [3.8, 4) is 11.4 Å². The van der Waals surface area contributed by atoms with E-state index in [4.69, 9.17) is 0 Å². The molecule has 0 aliphatic heterocycles. The van der Waals surface area contributed by atoms with Gasteiger partial charge in [-0.1, -0.05) is 54.2 Å². The maximum absolute atomic E-state index is 13.0. The van der Waals surface area contributed by atoms with Crippen LogP contribution in [0.1, 0.15) is 12.5 Å². The van der Waals surface area contributed by atoms with Gasteiger partial charge in [0.05, 0.1) is 16.5 Å². The molecular weight excluding hydrogens is 377 g/mol. The predicted octanol–water partition coefficient (Wildman–Crippen LogP) is 4.61. The molecule has 3 aromatic rings. The number of nitrogens with zero attached hydrogens (tertiary/aromatic N) is 2. The minimum Gasteiger partial charge on any atom is -0.325 e. The van der Waals surface area contributed by atoms with E-state index in [0.717, 1.165) is 23.4 Å². The molecule has 5 nitrogen and oxygen atoms in total. The number of carbonyl (C=O) groups excluding carboxylic acids is 1. The van der Waals surface area contributed by atoms with E-state index in [1.165, 1.54) is 18.2 Å². The maximum atomic E-state index is 13.0. The third-order valence-corrected chi connectivity index (χ3v) is 4.61. The molecule has 0 saturated heterocycles. The zero-order chi connectivity index (χ0) is 19.4. The Labute approximate surface area is 157 Å². The summed E-state index contributed by atoms with van der Waals surface area (Å²) in [6, 6.07) is 14.2. The first-order valence-electron chi connectivity index (χ1n) is 7.96. The lowest BCUT2D eigenvalue weighted by Gasteiger charge is -2.15. The Morgan fingerprint density at radius 2 is 1.78 bits per heavy atom. The fraction of sp³-hybridized carbons (Fsp3) is 0.167. The molecule has 2 aromatic carbocycles. The summed E-state index contributed by atoms with van der Waals surface area (Å²) in [5, 5.41) is 8.80. The number of H-pyrrole nitrogens is 1. The van der Waals surface area contributed by atoms with Gasteiger partial charge in [-0.05, 0) is 19.1 Å². The van der Waals surface area contributed by atoms with Crippen LogP contribution < -0.4 is 5.32 Å². The minimum absolute atomic E-state index is 0.276. The van der Waals surface area contributed by atoms with Crippen LogP contribution in [0.15, 0.2) is 59.8 Å². The molecule has 0 unspecified atom stereocenters. The smallest absolute Gasteiger partial charge is 0.325 e. The molecule has 0 saturated carbocycles. The fourth-order valence-corrected chi connectivity index (χ4v) is 3.03. The Bertz CT molecular complexity index is 928. The molecule has 0 fully saturated rings. The SMILES string of the molecule is C[C@H](Sc1n[nH]c(-c2ccccc2)n1)C(=O)Nc1ccccc1C(F)(F)F. The van der Waals surface area contributed by atoms with Crippen molar-refractivity contribution < 1.29 is 18.0 Å². The number of para-hydroxylation sites is 1. The lowest BCUT2D eigenvalue weighted by Crippen LogP contribution is -2.24. The van der Waals surface area contributed by atoms with Gasteiger partial charge in [-0.15, -0.1) is 5.10 Å². The van der Waals surface area contributed by atoms with E-state index in [9.17, 15) is 18.0 Å². The summed E-state index contributed by atoms with van der Waals surface area (Å²) in [5.74, 6) is -0.0177. The van der Waals surface area contributed by atoms with Crippen molar-refractivity contribution in [2.45, 2.75) is 23.5 Å². The molecule has 3 rings (SSSR count). The van der Waals surface area contributed by atoms with E-state index in [1.807, 2.05) is 30.3 Å². The Morgan fingerprint density at radius 1 is 1.11 bits per heavy atom. The van der Waals surface area contributed by atoms with Crippen LogP contribution in [0.25, 0.3) is 11.4 Å². The van der Waals surface area contributed by atoms with Gasteiger partial charge in [-0.25, -0.2) is 4.98 Å². The quantitative estimate of drug-likeness (QED) is 0.622. The summed E-state index contributed by atoms with van der Waals surface area (Å²) in [4.78, 5) is 16.6. The number of nitrogens with one attached hydrogen (secondary N) is 2. The number of anilines is 1. The topological polar surface area (TPSA) is 70.7 Å². The molecule has 2 N–H and O–H groups in total. The van der Waals surface area contributed by atoms with Gasteiger partial charge in [-0.3, -0.25) is 9.89 Å². The predicted molar refractivity (Wildman–Crippen MR) is 97.2 cm³/mol. The zero-order valence-corrected chi connectivity index (χ0v) is 14.9. The van der Waals surface area contributed by atoms with Gasteiger partial charge in [0.15, 0.2) is 5.82 Å². The molecule has 27 heavy (non-hydrogen) atoms. The van der Waals surface area contributed by atoms with Crippen molar-refractivity contribution in [1.29, 1.82) is 0 Å². The normalized spacial score (nSPS) is 12.6. The van der Waals surface area contributed by atoms with Crippen molar-refractivity contribution in [2.24, 2.45) is 0 Å². The monoisotopic (exact) mass is 392 g/mol. The van der Waals surface area contributed by atoms with Crippen LogP contribution in [0.4, 0.5) is 18.9 Å². The fourth-order valence-electron chi connectivity index (χ4n) is 2.31. The first-order chi connectivity index (χ1) is 12.8. The van der Waals surface area contributed by atoms with E-state index in [-0.39, 0.29) is 5.69 Å². The Hall–Kier alpha value is -2.81. The van der Waals surface area contributed by atoms with Gasteiger partial charge in [0, 0.05) is 5.56 Å². The van der Waals surface area contributed by atoms with Crippen LogP contribution in [0.3, 0.4) is 0 Å². The Balaban J connectivity index is 1.68. The largest absolute Gasteiger partial charge is 0.418 e. The summed E-state index contributed by atoms with van der Waals surface area (Å²) in [7, 11) is 0. The molecule has 0 bridgehead atoms. The summed E-state index contributed by atoms with van der Waals surface area (Å²) >= 11 is 1.05. The number of amides is 1. The summed E-state index contributed by atoms with van der Waals surface area (Å²) in [6.07, 6.45) is -4.55. The number of halogens is 3. The number of hydrogen-bond donors (Lipinski definition) is 2. The average Bonchev–Trinajstić information content (AvgIpc) is 3.10. The lowest BCUT2D eigenvalue weighted by atomic mass is 10.1. The van der Waals surface area contributed by atoms with Crippen LogP contribution >= 0.6 is 11.8 Å².